The van der Waals surface area contributed by atoms with E-state index in [0.717, 1.165) is 25.1 Å². The van der Waals surface area contributed by atoms with Crippen molar-refractivity contribution in [3.8, 4) is 5.75 Å². The average Bonchev–Trinajstić information content (AvgIpc) is 2.79. The van der Waals surface area contributed by atoms with Gasteiger partial charge in [0, 0.05) is 26.3 Å². The summed E-state index contributed by atoms with van der Waals surface area (Å²) in [5, 5.41) is 3.39. The van der Waals surface area contributed by atoms with Gasteiger partial charge < -0.3 is 10.1 Å². The molecule has 0 spiro atoms. The number of rotatable bonds is 7. The van der Waals surface area contributed by atoms with Gasteiger partial charge in [-0.25, -0.2) is 4.39 Å². The summed E-state index contributed by atoms with van der Waals surface area (Å²) < 4.78 is 20.0. The Morgan fingerprint density at radius 3 is 2.86 bits per heavy atom. The molecule has 0 radical (unpaired) electrons. The molecule has 1 aromatic heterocycles. The van der Waals surface area contributed by atoms with Gasteiger partial charge in [-0.3, -0.25) is 0 Å². The molecule has 0 aliphatic heterocycles. The number of thiophene rings is 1. The summed E-state index contributed by atoms with van der Waals surface area (Å²) in [5.74, 6) is -0.0587. The molecule has 0 aliphatic carbocycles. The molecule has 5 heteroatoms. The van der Waals surface area contributed by atoms with Gasteiger partial charge in [0.2, 0.25) is 0 Å². The Hall–Kier alpha value is -0.910. The highest BCUT2D eigenvalue weighted by molar-refractivity contribution is 9.10. The van der Waals surface area contributed by atoms with E-state index in [4.69, 9.17) is 4.74 Å². The summed E-state index contributed by atoms with van der Waals surface area (Å²) in [7, 11) is 0. The molecule has 0 bridgehead atoms. The van der Waals surface area contributed by atoms with E-state index in [2.05, 4.69) is 41.2 Å². The van der Waals surface area contributed by atoms with Gasteiger partial charge >= 0.3 is 0 Å². The predicted octanol–water partition coefficient (Wildman–Crippen LogP) is 5.04. The molecule has 0 saturated heterocycles. The molecular formula is C16H19BrFNOS. The van der Waals surface area contributed by atoms with Crippen LogP contribution in [-0.4, -0.2) is 6.54 Å². The third-order valence-corrected chi connectivity index (χ3v) is 4.66. The lowest BCUT2D eigenvalue weighted by Crippen LogP contribution is -2.12. The molecule has 0 unspecified atom stereocenters. The van der Waals surface area contributed by atoms with Crippen LogP contribution in [0, 0.1) is 12.7 Å². The van der Waals surface area contributed by atoms with Gasteiger partial charge in [0.25, 0.3) is 0 Å². The van der Waals surface area contributed by atoms with E-state index in [1.807, 2.05) is 0 Å². The van der Waals surface area contributed by atoms with Crippen molar-refractivity contribution in [3.05, 3.63) is 49.9 Å². The summed E-state index contributed by atoms with van der Waals surface area (Å²) in [6.45, 7) is 6.52. The van der Waals surface area contributed by atoms with Gasteiger partial charge in [0.1, 0.15) is 6.61 Å². The average molecular weight is 372 g/mol. The molecule has 0 atom stereocenters. The fraction of sp³-hybridized carbons (Fsp3) is 0.375. The van der Waals surface area contributed by atoms with Crippen molar-refractivity contribution >= 4 is 27.3 Å². The van der Waals surface area contributed by atoms with Gasteiger partial charge in [0.15, 0.2) is 11.6 Å². The SMILES string of the molecule is CCCNCc1cc(COc2ccc(Br)cc2F)c(C)s1. The molecule has 2 rings (SSSR count). The van der Waals surface area contributed by atoms with Crippen LogP contribution in [0.25, 0.3) is 0 Å². The second-order valence-corrected chi connectivity index (χ2v) is 7.09. The zero-order chi connectivity index (χ0) is 15.2. The number of benzene rings is 1. The van der Waals surface area contributed by atoms with Crippen LogP contribution >= 0.6 is 27.3 Å². The number of halogens is 2. The normalized spacial score (nSPS) is 10.9. The lowest BCUT2D eigenvalue weighted by molar-refractivity contribution is 0.290. The molecule has 1 aromatic carbocycles. The molecule has 0 fully saturated rings. The first-order valence-corrected chi connectivity index (χ1v) is 8.58. The van der Waals surface area contributed by atoms with Crippen molar-refractivity contribution < 1.29 is 9.13 Å². The minimum atomic E-state index is -0.345. The Labute approximate surface area is 137 Å². The molecule has 0 amide bonds. The van der Waals surface area contributed by atoms with Gasteiger partial charge in [0.05, 0.1) is 0 Å². The van der Waals surface area contributed by atoms with Crippen molar-refractivity contribution in [2.75, 3.05) is 6.54 Å². The lowest BCUT2D eigenvalue weighted by atomic mass is 10.2. The van der Waals surface area contributed by atoms with Gasteiger partial charge in [-0.15, -0.1) is 11.3 Å². The van der Waals surface area contributed by atoms with E-state index in [1.54, 1.807) is 23.5 Å². The Balaban J connectivity index is 1.96. The second kappa shape index (κ2) is 7.92. The maximum Gasteiger partial charge on any atom is 0.166 e. The third-order valence-electron chi connectivity index (χ3n) is 3.07. The molecule has 1 heterocycles. The van der Waals surface area contributed by atoms with E-state index in [0.29, 0.717) is 11.1 Å². The number of aryl methyl sites for hydroxylation is 1. The van der Waals surface area contributed by atoms with Crippen molar-refractivity contribution in [1.29, 1.82) is 0 Å². The molecule has 2 nitrogen and oxygen atoms in total. The Morgan fingerprint density at radius 1 is 1.33 bits per heavy atom. The third kappa shape index (κ3) is 4.80. The summed E-state index contributed by atoms with van der Waals surface area (Å²) in [6.07, 6.45) is 1.13. The van der Waals surface area contributed by atoms with Crippen LogP contribution in [0.4, 0.5) is 4.39 Å². The first-order chi connectivity index (χ1) is 10.1. The topological polar surface area (TPSA) is 21.3 Å². The number of ether oxygens (including phenoxy) is 1. The first kappa shape index (κ1) is 16.5. The minimum absolute atomic E-state index is 0.287. The van der Waals surface area contributed by atoms with Crippen LogP contribution < -0.4 is 10.1 Å². The fourth-order valence-corrected chi connectivity index (χ4v) is 3.30. The van der Waals surface area contributed by atoms with Crippen LogP contribution in [0.5, 0.6) is 5.75 Å². The smallest absolute Gasteiger partial charge is 0.166 e. The summed E-state index contributed by atoms with van der Waals surface area (Å²) in [6, 6.07) is 6.97. The molecule has 1 N–H and O–H groups in total. The predicted molar refractivity (Wildman–Crippen MR) is 89.5 cm³/mol. The van der Waals surface area contributed by atoms with Crippen molar-refractivity contribution in [2.24, 2.45) is 0 Å². The van der Waals surface area contributed by atoms with Crippen molar-refractivity contribution in [3.63, 3.8) is 0 Å². The van der Waals surface area contributed by atoms with E-state index < -0.39 is 0 Å². The highest BCUT2D eigenvalue weighted by atomic mass is 79.9. The molecular weight excluding hydrogens is 353 g/mol. The largest absolute Gasteiger partial charge is 0.486 e. The second-order valence-electron chi connectivity index (χ2n) is 4.83. The molecule has 0 saturated carbocycles. The van der Waals surface area contributed by atoms with E-state index in [-0.39, 0.29) is 11.6 Å². The van der Waals surface area contributed by atoms with Gasteiger partial charge in [-0.2, -0.15) is 0 Å². The highest BCUT2D eigenvalue weighted by Crippen LogP contribution is 2.25. The maximum absolute atomic E-state index is 13.7. The minimum Gasteiger partial charge on any atom is -0.486 e. The highest BCUT2D eigenvalue weighted by Gasteiger charge is 2.08. The van der Waals surface area contributed by atoms with Crippen LogP contribution in [0.2, 0.25) is 0 Å². The zero-order valence-electron chi connectivity index (χ0n) is 12.2. The number of hydrogen-bond donors (Lipinski definition) is 1. The van der Waals surface area contributed by atoms with Crippen LogP contribution in [0.3, 0.4) is 0 Å². The van der Waals surface area contributed by atoms with E-state index >= 15 is 0 Å². The molecule has 0 aliphatic rings. The van der Waals surface area contributed by atoms with Gasteiger partial charge in [-0.1, -0.05) is 22.9 Å². The first-order valence-electron chi connectivity index (χ1n) is 6.97. The monoisotopic (exact) mass is 371 g/mol. The number of hydrogen-bond acceptors (Lipinski definition) is 3. The molecule has 114 valence electrons. The maximum atomic E-state index is 13.7. The van der Waals surface area contributed by atoms with Crippen LogP contribution in [0.15, 0.2) is 28.7 Å². The Bertz CT molecular complexity index is 600. The molecule has 21 heavy (non-hydrogen) atoms. The lowest BCUT2D eigenvalue weighted by Gasteiger charge is -2.07. The number of nitrogens with one attached hydrogen (secondary N) is 1. The quantitative estimate of drug-likeness (QED) is 0.688. The van der Waals surface area contributed by atoms with E-state index in [9.17, 15) is 4.39 Å². The summed E-state index contributed by atoms with van der Waals surface area (Å²) in [5.41, 5.74) is 1.12. The zero-order valence-corrected chi connectivity index (χ0v) is 14.6. The standard InChI is InChI=1S/C16H19BrFNOS/c1-3-6-19-9-14-7-12(11(2)21-14)10-20-16-5-4-13(17)8-15(16)18/h4-5,7-8,19H,3,6,9-10H2,1-2H3. The van der Waals surface area contributed by atoms with Crippen molar-refractivity contribution in [1.82, 2.24) is 5.32 Å². The summed E-state index contributed by atoms with van der Waals surface area (Å²) in [4.78, 5) is 2.51. The molecule has 2 aromatic rings. The van der Waals surface area contributed by atoms with Crippen LogP contribution in [0.1, 0.15) is 28.7 Å². The fourth-order valence-electron chi connectivity index (χ4n) is 1.95. The summed E-state index contributed by atoms with van der Waals surface area (Å²) >= 11 is 5.00. The van der Waals surface area contributed by atoms with Crippen molar-refractivity contribution in [2.45, 2.75) is 33.4 Å². The van der Waals surface area contributed by atoms with Gasteiger partial charge in [-0.05, 0) is 44.2 Å². The van der Waals surface area contributed by atoms with Crippen LogP contribution in [-0.2, 0) is 13.2 Å². The Kier molecular flexibility index (Phi) is 6.21. The Morgan fingerprint density at radius 2 is 2.14 bits per heavy atom. The van der Waals surface area contributed by atoms with E-state index in [1.165, 1.54) is 15.8 Å².